The largest absolute Gasteiger partial charge is 0.366 e. The number of rotatable bonds is 6. The van der Waals surface area contributed by atoms with Gasteiger partial charge in [0.15, 0.2) is 5.82 Å². The lowest BCUT2D eigenvalue weighted by atomic mass is 10.1. The Morgan fingerprint density at radius 3 is 2.48 bits per heavy atom. The van der Waals surface area contributed by atoms with E-state index >= 15 is 0 Å². The molecule has 0 saturated carbocycles. The summed E-state index contributed by atoms with van der Waals surface area (Å²) in [6.45, 7) is 2.75. The molecule has 3 heterocycles. The first-order valence-electron chi connectivity index (χ1n) is 9.72. The number of fused-ring (bicyclic) bond motifs is 1. The molecule has 0 aliphatic rings. The summed E-state index contributed by atoms with van der Waals surface area (Å²) in [7, 11) is 4.01. The van der Waals surface area contributed by atoms with Gasteiger partial charge in [0.05, 0.1) is 5.52 Å². The van der Waals surface area contributed by atoms with Crippen LogP contribution in [0.5, 0.6) is 0 Å². The fourth-order valence-corrected chi connectivity index (χ4v) is 3.19. The van der Waals surface area contributed by atoms with E-state index in [1.165, 1.54) is 5.56 Å². The lowest BCUT2D eigenvalue weighted by Crippen LogP contribution is -2.12. The maximum Gasteiger partial charge on any atom is 0.161 e. The van der Waals surface area contributed by atoms with E-state index in [0.717, 1.165) is 40.2 Å². The van der Waals surface area contributed by atoms with Gasteiger partial charge in [0.1, 0.15) is 11.6 Å². The average Bonchev–Trinajstić information content (AvgIpc) is 2.77. The lowest BCUT2D eigenvalue weighted by Gasteiger charge is -2.16. The Balaban J connectivity index is 1.67. The van der Waals surface area contributed by atoms with Gasteiger partial charge in [0.25, 0.3) is 0 Å². The van der Waals surface area contributed by atoms with Crippen LogP contribution < -0.4 is 10.2 Å². The Labute approximate surface area is 170 Å². The zero-order chi connectivity index (χ0) is 20.2. The van der Waals surface area contributed by atoms with E-state index in [2.05, 4.69) is 34.3 Å². The van der Waals surface area contributed by atoms with Gasteiger partial charge in [0.2, 0.25) is 0 Å². The molecular weight excluding hydrogens is 360 g/mol. The van der Waals surface area contributed by atoms with Crippen LogP contribution in [0.25, 0.3) is 22.3 Å². The van der Waals surface area contributed by atoms with Gasteiger partial charge < -0.3 is 10.2 Å². The highest BCUT2D eigenvalue weighted by molar-refractivity contribution is 5.84. The van der Waals surface area contributed by atoms with Crippen molar-refractivity contribution in [2.75, 3.05) is 24.3 Å². The molecule has 0 aliphatic heterocycles. The van der Waals surface area contributed by atoms with Crippen LogP contribution in [0.2, 0.25) is 0 Å². The van der Waals surface area contributed by atoms with Crippen LogP contribution in [0.3, 0.4) is 0 Å². The molecule has 0 bridgehead atoms. The smallest absolute Gasteiger partial charge is 0.161 e. The highest BCUT2D eigenvalue weighted by atomic mass is 15.1. The SMILES string of the molecule is CCc1cc(NCc2cc(N(C)C)nc3ccccc23)nc(-c2ccncc2)n1. The van der Waals surface area contributed by atoms with Gasteiger partial charge >= 0.3 is 0 Å². The van der Waals surface area contributed by atoms with Gasteiger partial charge in [-0.15, -0.1) is 0 Å². The number of benzene rings is 1. The summed E-state index contributed by atoms with van der Waals surface area (Å²) in [5.41, 5.74) is 4.14. The maximum atomic E-state index is 4.74. The van der Waals surface area contributed by atoms with Crippen LogP contribution >= 0.6 is 0 Å². The van der Waals surface area contributed by atoms with E-state index < -0.39 is 0 Å². The Bertz CT molecular complexity index is 1120. The molecule has 0 radical (unpaired) electrons. The number of pyridine rings is 2. The summed E-state index contributed by atoms with van der Waals surface area (Å²) in [5.74, 6) is 2.47. The van der Waals surface area contributed by atoms with E-state index in [-0.39, 0.29) is 0 Å². The lowest BCUT2D eigenvalue weighted by molar-refractivity contribution is 0.992. The van der Waals surface area contributed by atoms with Crippen molar-refractivity contribution in [1.82, 2.24) is 19.9 Å². The standard InChI is InChI=1S/C23H24N6/c1-4-18-14-21(28-23(26-18)16-9-11-24-12-10-16)25-15-17-13-22(29(2)3)27-20-8-6-5-7-19(17)20/h5-14H,4,15H2,1-3H3,(H,25,26,28). The number of para-hydroxylation sites is 1. The van der Waals surface area contributed by atoms with Crippen molar-refractivity contribution in [3.63, 3.8) is 0 Å². The van der Waals surface area contributed by atoms with Crippen molar-refractivity contribution in [3.05, 3.63) is 72.2 Å². The second-order valence-corrected chi connectivity index (χ2v) is 7.06. The summed E-state index contributed by atoms with van der Waals surface area (Å²) in [6.07, 6.45) is 4.37. The van der Waals surface area contributed by atoms with Gasteiger partial charge in [0, 0.05) is 55.7 Å². The third kappa shape index (κ3) is 4.16. The summed E-state index contributed by atoms with van der Waals surface area (Å²) >= 11 is 0. The number of aryl methyl sites for hydroxylation is 1. The highest BCUT2D eigenvalue weighted by Crippen LogP contribution is 2.24. The fourth-order valence-electron chi connectivity index (χ4n) is 3.19. The Morgan fingerprint density at radius 1 is 0.931 bits per heavy atom. The van der Waals surface area contributed by atoms with Gasteiger partial charge in [-0.05, 0) is 36.2 Å². The van der Waals surface area contributed by atoms with Gasteiger partial charge in [-0.2, -0.15) is 0 Å². The normalized spacial score (nSPS) is 10.9. The average molecular weight is 384 g/mol. The van der Waals surface area contributed by atoms with Gasteiger partial charge in [-0.3, -0.25) is 4.98 Å². The minimum Gasteiger partial charge on any atom is -0.366 e. The van der Waals surface area contributed by atoms with Crippen molar-refractivity contribution in [2.45, 2.75) is 19.9 Å². The number of hydrogen-bond donors (Lipinski definition) is 1. The number of aromatic nitrogens is 4. The Kier molecular flexibility index (Phi) is 5.33. The predicted octanol–water partition coefficient (Wildman–Crippen LogP) is 4.33. The van der Waals surface area contributed by atoms with Crippen LogP contribution in [-0.4, -0.2) is 34.0 Å². The number of nitrogens with zero attached hydrogens (tertiary/aromatic N) is 5. The molecule has 0 fully saturated rings. The second kappa shape index (κ2) is 8.22. The molecule has 0 unspecified atom stereocenters. The van der Waals surface area contributed by atoms with Crippen LogP contribution in [0.1, 0.15) is 18.2 Å². The zero-order valence-corrected chi connectivity index (χ0v) is 16.9. The predicted molar refractivity (Wildman–Crippen MR) is 118 cm³/mol. The summed E-state index contributed by atoms with van der Waals surface area (Å²) < 4.78 is 0. The highest BCUT2D eigenvalue weighted by Gasteiger charge is 2.09. The van der Waals surface area contributed by atoms with E-state index in [9.17, 15) is 0 Å². The molecule has 0 aliphatic carbocycles. The molecule has 0 saturated heterocycles. The molecule has 0 spiro atoms. The van der Waals surface area contributed by atoms with Crippen molar-refractivity contribution in [3.8, 4) is 11.4 Å². The molecule has 6 heteroatoms. The molecule has 146 valence electrons. The first-order valence-corrected chi connectivity index (χ1v) is 9.72. The maximum absolute atomic E-state index is 4.74. The molecule has 0 atom stereocenters. The second-order valence-electron chi connectivity index (χ2n) is 7.06. The zero-order valence-electron chi connectivity index (χ0n) is 16.9. The monoisotopic (exact) mass is 384 g/mol. The van der Waals surface area contributed by atoms with Crippen LogP contribution in [0.4, 0.5) is 11.6 Å². The van der Waals surface area contributed by atoms with E-state index in [1.54, 1.807) is 12.4 Å². The molecule has 1 N–H and O–H groups in total. The summed E-state index contributed by atoms with van der Waals surface area (Å²) in [6, 6.07) is 16.2. The van der Waals surface area contributed by atoms with Gasteiger partial charge in [-0.1, -0.05) is 25.1 Å². The molecule has 0 amide bonds. The van der Waals surface area contributed by atoms with Crippen molar-refractivity contribution in [2.24, 2.45) is 0 Å². The van der Waals surface area contributed by atoms with Crippen molar-refractivity contribution >= 4 is 22.5 Å². The Hall–Kier alpha value is -3.54. The van der Waals surface area contributed by atoms with Crippen LogP contribution in [0.15, 0.2) is 60.9 Å². The quantitative estimate of drug-likeness (QED) is 0.534. The van der Waals surface area contributed by atoms with Gasteiger partial charge in [-0.25, -0.2) is 15.0 Å². The molecule has 3 aromatic heterocycles. The first-order chi connectivity index (χ1) is 14.1. The topological polar surface area (TPSA) is 66.8 Å². The fraction of sp³-hybridized carbons (Fsp3) is 0.217. The van der Waals surface area contributed by atoms with Crippen LogP contribution in [-0.2, 0) is 13.0 Å². The van der Waals surface area contributed by atoms with E-state index in [4.69, 9.17) is 9.97 Å². The van der Waals surface area contributed by atoms with Crippen molar-refractivity contribution in [1.29, 1.82) is 0 Å². The molecule has 29 heavy (non-hydrogen) atoms. The third-order valence-electron chi connectivity index (χ3n) is 4.79. The minimum atomic E-state index is 0.653. The number of anilines is 2. The molecular formula is C23H24N6. The summed E-state index contributed by atoms with van der Waals surface area (Å²) in [5, 5.41) is 4.63. The third-order valence-corrected chi connectivity index (χ3v) is 4.79. The first kappa shape index (κ1) is 18.8. The molecule has 4 rings (SSSR count). The van der Waals surface area contributed by atoms with E-state index in [1.807, 2.05) is 55.4 Å². The van der Waals surface area contributed by atoms with Crippen molar-refractivity contribution < 1.29 is 0 Å². The minimum absolute atomic E-state index is 0.653. The Morgan fingerprint density at radius 2 is 1.72 bits per heavy atom. The number of hydrogen-bond acceptors (Lipinski definition) is 6. The van der Waals surface area contributed by atoms with E-state index in [0.29, 0.717) is 12.4 Å². The molecule has 6 nitrogen and oxygen atoms in total. The number of nitrogens with one attached hydrogen (secondary N) is 1. The molecule has 1 aromatic carbocycles. The molecule has 4 aromatic rings. The summed E-state index contributed by atoms with van der Waals surface area (Å²) in [4.78, 5) is 20.2. The van der Waals surface area contributed by atoms with Crippen LogP contribution in [0, 0.1) is 0 Å².